The molecule has 1 unspecified atom stereocenters. The van der Waals surface area contributed by atoms with Gasteiger partial charge >= 0.3 is 0 Å². The Morgan fingerprint density at radius 2 is 2.00 bits per heavy atom. The molecule has 0 aliphatic rings. The zero-order valence-corrected chi connectivity index (χ0v) is 13.6. The molecule has 1 N–H and O–H groups in total. The van der Waals surface area contributed by atoms with Crippen LogP contribution in [0.4, 0.5) is 0 Å². The normalized spacial score (nSPS) is 13.8. The molecule has 2 nitrogen and oxygen atoms in total. The molecule has 0 radical (unpaired) electrons. The van der Waals surface area contributed by atoms with E-state index in [1.54, 1.807) is 0 Å². The van der Waals surface area contributed by atoms with Crippen molar-refractivity contribution in [3.05, 3.63) is 34.9 Å². The van der Waals surface area contributed by atoms with Crippen LogP contribution in [-0.4, -0.2) is 30.1 Å². The third-order valence-corrected chi connectivity index (χ3v) is 3.53. The van der Waals surface area contributed by atoms with E-state index < -0.39 is 0 Å². The summed E-state index contributed by atoms with van der Waals surface area (Å²) in [5.74, 6) is 0. The van der Waals surface area contributed by atoms with Crippen molar-refractivity contribution in [1.82, 2.24) is 10.2 Å². The van der Waals surface area contributed by atoms with Gasteiger partial charge < -0.3 is 5.32 Å². The molecule has 0 aromatic heterocycles. The minimum absolute atomic E-state index is 0.200. The molecule has 0 fully saturated rings. The monoisotopic (exact) mass is 282 g/mol. The van der Waals surface area contributed by atoms with E-state index in [-0.39, 0.29) is 5.54 Å². The van der Waals surface area contributed by atoms with Crippen LogP contribution in [-0.2, 0) is 6.54 Å². The van der Waals surface area contributed by atoms with E-state index in [1.807, 2.05) is 18.2 Å². The molecule has 1 rings (SSSR count). The lowest BCUT2D eigenvalue weighted by Gasteiger charge is -2.27. The molecule has 0 heterocycles. The van der Waals surface area contributed by atoms with Gasteiger partial charge in [-0.3, -0.25) is 4.90 Å². The second-order valence-corrected chi connectivity index (χ2v) is 6.80. The van der Waals surface area contributed by atoms with E-state index in [1.165, 1.54) is 5.56 Å². The van der Waals surface area contributed by atoms with E-state index in [0.717, 1.165) is 24.5 Å². The minimum Gasteiger partial charge on any atom is -0.312 e. The SMILES string of the molecule is CC(CCNC(C)(C)C)N(C)Cc1cccc(Cl)c1. The Labute approximate surface area is 123 Å². The molecule has 0 saturated heterocycles. The Balaban J connectivity index is 2.38. The first kappa shape index (κ1) is 16.5. The van der Waals surface area contributed by atoms with Crippen molar-refractivity contribution in [3.8, 4) is 0 Å². The molecular formula is C16H27ClN2. The predicted octanol–water partition coefficient (Wildman–Crippen LogP) is 3.94. The van der Waals surface area contributed by atoms with Crippen molar-refractivity contribution in [2.45, 2.75) is 52.2 Å². The van der Waals surface area contributed by atoms with Gasteiger partial charge in [-0.1, -0.05) is 23.7 Å². The number of benzene rings is 1. The van der Waals surface area contributed by atoms with Crippen LogP contribution in [0.3, 0.4) is 0 Å². The summed E-state index contributed by atoms with van der Waals surface area (Å²) in [4.78, 5) is 2.37. The minimum atomic E-state index is 0.200. The fraction of sp³-hybridized carbons (Fsp3) is 0.625. The number of rotatable bonds is 6. The van der Waals surface area contributed by atoms with Crippen LogP contribution in [0.15, 0.2) is 24.3 Å². The average Bonchev–Trinajstić information content (AvgIpc) is 2.27. The fourth-order valence-corrected chi connectivity index (χ4v) is 2.17. The van der Waals surface area contributed by atoms with Crippen LogP contribution in [0.25, 0.3) is 0 Å². The van der Waals surface area contributed by atoms with Crippen LogP contribution >= 0.6 is 11.6 Å². The van der Waals surface area contributed by atoms with Crippen molar-refractivity contribution >= 4 is 11.6 Å². The molecule has 1 aromatic carbocycles. The van der Waals surface area contributed by atoms with Gasteiger partial charge in [0.1, 0.15) is 0 Å². The van der Waals surface area contributed by atoms with Gasteiger partial charge in [0.05, 0.1) is 0 Å². The van der Waals surface area contributed by atoms with Crippen LogP contribution in [0, 0.1) is 0 Å². The van der Waals surface area contributed by atoms with Gasteiger partial charge in [0.25, 0.3) is 0 Å². The van der Waals surface area contributed by atoms with Crippen molar-refractivity contribution in [2.75, 3.05) is 13.6 Å². The van der Waals surface area contributed by atoms with Gasteiger partial charge in [0, 0.05) is 23.1 Å². The van der Waals surface area contributed by atoms with Crippen molar-refractivity contribution in [3.63, 3.8) is 0 Å². The quantitative estimate of drug-likeness (QED) is 0.850. The second-order valence-electron chi connectivity index (χ2n) is 6.36. The third kappa shape index (κ3) is 6.95. The summed E-state index contributed by atoms with van der Waals surface area (Å²) in [6.45, 7) is 10.9. The Kier molecular flexibility index (Phi) is 6.31. The highest BCUT2D eigenvalue weighted by Crippen LogP contribution is 2.14. The van der Waals surface area contributed by atoms with E-state index in [2.05, 4.69) is 51.0 Å². The Hall–Kier alpha value is -0.570. The first-order chi connectivity index (χ1) is 8.78. The highest BCUT2D eigenvalue weighted by atomic mass is 35.5. The highest BCUT2D eigenvalue weighted by molar-refractivity contribution is 6.30. The summed E-state index contributed by atoms with van der Waals surface area (Å²) in [6.07, 6.45) is 1.15. The number of hydrogen-bond acceptors (Lipinski definition) is 2. The van der Waals surface area contributed by atoms with Gasteiger partial charge in [-0.2, -0.15) is 0 Å². The summed E-state index contributed by atoms with van der Waals surface area (Å²) in [5.41, 5.74) is 1.47. The van der Waals surface area contributed by atoms with Gasteiger partial charge in [-0.05, 0) is 65.4 Å². The van der Waals surface area contributed by atoms with Crippen molar-refractivity contribution in [2.24, 2.45) is 0 Å². The molecule has 1 aromatic rings. The predicted molar refractivity (Wildman–Crippen MR) is 84.8 cm³/mol. The number of nitrogens with zero attached hydrogens (tertiary/aromatic N) is 1. The number of hydrogen-bond donors (Lipinski definition) is 1. The molecule has 0 spiro atoms. The smallest absolute Gasteiger partial charge is 0.0409 e. The van der Waals surface area contributed by atoms with E-state index >= 15 is 0 Å². The summed E-state index contributed by atoms with van der Waals surface area (Å²) >= 11 is 6.01. The first-order valence-electron chi connectivity index (χ1n) is 6.97. The van der Waals surface area contributed by atoms with Gasteiger partial charge in [-0.15, -0.1) is 0 Å². The third-order valence-electron chi connectivity index (χ3n) is 3.29. The summed E-state index contributed by atoms with van der Waals surface area (Å²) in [5, 5.41) is 4.35. The van der Waals surface area contributed by atoms with Crippen LogP contribution in [0.2, 0.25) is 5.02 Å². The molecule has 3 heteroatoms. The lowest BCUT2D eigenvalue weighted by Crippen LogP contribution is -2.39. The molecule has 1 atom stereocenters. The molecule has 108 valence electrons. The fourth-order valence-electron chi connectivity index (χ4n) is 1.96. The molecule has 0 amide bonds. The van der Waals surface area contributed by atoms with Crippen molar-refractivity contribution in [1.29, 1.82) is 0 Å². The Morgan fingerprint density at radius 1 is 1.32 bits per heavy atom. The van der Waals surface area contributed by atoms with Crippen LogP contribution in [0.5, 0.6) is 0 Å². The molecule has 19 heavy (non-hydrogen) atoms. The van der Waals surface area contributed by atoms with E-state index in [4.69, 9.17) is 11.6 Å². The summed E-state index contributed by atoms with van der Waals surface area (Å²) in [6, 6.07) is 8.65. The maximum atomic E-state index is 6.01. The summed E-state index contributed by atoms with van der Waals surface area (Å²) < 4.78 is 0. The summed E-state index contributed by atoms with van der Waals surface area (Å²) in [7, 11) is 2.17. The topological polar surface area (TPSA) is 15.3 Å². The zero-order chi connectivity index (χ0) is 14.5. The lowest BCUT2D eigenvalue weighted by atomic mass is 10.1. The molecule has 0 bridgehead atoms. The molecular weight excluding hydrogens is 256 g/mol. The van der Waals surface area contributed by atoms with E-state index in [9.17, 15) is 0 Å². The maximum Gasteiger partial charge on any atom is 0.0409 e. The van der Waals surface area contributed by atoms with Gasteiger partial charge in [0.15, 0.2) is 0 Å². The van der Waals surface area contributed by atoms with Crippen LogP contribution in [0.1, 0.15) is 39.7 Å². The van der Waals surface area contributed by atoms with Crippen LogP contribution < -0.4 is 5.32 Å². The lowest BCUT2D eigenvalue weighted by molar-refractivity contribution is 0.231. The Morgan fingerprint density at radius 3 is 2.58 bits per heavy atom. The van der Waals surface area contributed by atoms with E-state index in [0.29, 0.717) is 6.04 Å². The van der Waals surface area contributed by atoms with Gasteiger partial charge in [0.2, 0.25) is 0 Å². The largest absolute Gasteiger partial charge is 0.312 e. The Bertz CT molecular complexity index is 385. The maximum absolute atomic E-state index is 6.01. The number of halogens is 1. The molecule has 0 aliphatic heterocycles. The van der Waals surface area contributed by atoms with Crippen molar-refractivity contribution < 1.29 is 0 Å². The number of nitrogens with one attached hydrogen (secondary N) is 1. The second kappa shape index (κ2) is 7.28. The first-order valence-corrected chi connectivity index (χ1v) is 7.35. The molecule has 0 aliphatic carbocycles. The van der Waals surface area contributed by atoms with Gasteiger partial charge in [-0.25, -0.2) is 0 Å². The molecule has 0 saturated carbocycles. The standard InChI is InChI=1S/C16H27ClN2/c1-13(9-10-18-16(2,3)4)19(5)12-14-7-6-8-15(17)11-14/h6-8,11,13,18H,9-10,12H2,1-5H3. The highest BCUT2D eigenvalue weighted by Gasteiger charge is 2.12. The zero-order valence-electron chi connectivity index (χ0n) is 12.8. The average molecular weight is 283 g/mol.